The van der Waals surface area contributed by atoms with Gasteiger partial charge < -0.3 is 0 Å². The van der Waals surface area contributed by atoms with E-state index in [1.807, 2.05) is 33.2 Å². The van der Waals surface area contributed by atoms with E-state index < -0.39 is 0 Å². The molecule has 1 heterocycles. The van der Waals surface area contributed by atoms with Gasteiger partial charge in [-0.2, -0.15) is 5.26 Å². The zero-order valence-electron chi connectivity index (χ0n) is 10.5. The monoisotopic (exact) mass is 250 g/mol. The van der Waals surface area contributed by atoms with E-state index in [-0.39, 0.29) is 6.04 Å². The molecular weight excluding hydrogens is 232 g/mol. The molecule has 0 saturated heterocycles. The quantitative estimate of drug-likeness (QED) is 0.619. The Labute approximate surface area is 107 Å². The number of aromatic nitrogens is 2. The second-order valence-corrected chi connectivity index (χ2v) is 5.25. The summed E-state index contributed by atoms with van der Waals surface area (Å²) >= 11 is 1.59. The average molecular weight is 250 g/mol. The first-order valence-corrected chi connectivity index (χ1v) is 6.67. The van der Waals surface area contributed by atoms with Crippen LogP contribution in [0.1, 0.15) is 25.8 Å². The molecule has 1 N–H and O–H groups in total. The van der Waals surface area contributed by atoms with Crippen molar-refractivity contribution in [2.24, 2.45) is 0 Å². The fraction of sp³-hybridized carbons (Fsp3) is 0.583. The van der Waals surface area contributed by atoms with Crippen molar-refractivity contribution in [1.29, 1.82) is 5.26 Å². The summed E-state index contributed by atoms with van der Waals surface area (Å²) in [7, 11) is 0. The van der Waals surface area contributed by atoms with Gasteiger partial charge in [-0.25, -0.2) is 9.97 Å². The van der Waals surface area contributed by atoms with E-state index >= 15 is 0 Å². The average Bonchev–Trinajstić information content (AvgIpc) is 2.30. The van der Waals surface area contributed by atoms with Crippen molar-refractivity contribution in [1.82, 2.24) is 15.3 Å². The molecule has 0 radical (unpaired) electrons. The summed E-state index contributed by atoms with van der Waals surface area (Å²) < 4.78 is 0. The first kappa shape index (κ1) is 13.9. The van der Waals surface area contributed by atoms with Gasteiger partial charge in [-0.05, 0) is 32.8 Å². The molecule has 92 valence electrons. The summed E-state index contributed by atoms with van der Waals surface area (Å²) in [6.45, 7) is 6.05. The van der Waals surface area contributed by atoms with Crippen molar-refractivity contribution in [3.05, 3.63) is 18.0 Å². The number of nitrogens with zero attached hydrogens (tertiary/aromatic N) is 3. The number of nitrogens with one attached hydrogen (secondary N) is 1. The van der Waals surface area contributed by atoms with E-state index in [1.165, 1.54) is 0 Å². The van der Waals surface area contributed by atoms with Gasteiger partial charge in [0.15, 0.2) is 5.16 Å². The van der Waals surface area contributed by atoms with Crippen LogP contribution < -0.4 is 5.32 Å². The topological polar surface area (TPSA) is 61.6 Å². The first-order chi connectivity index (χ1) is 8.11. The number of hydrogen-bond donors (Lipinski definition) is 1. The van der Waals surface area contributed by atoms with Crippen LogP contribution in [0.4, 0.5) is 0 Å². The molecule has 5 heteroatoms. The molecule has 0 spiro atoms. The molecule has 0 aliphatic carbocycles. The maximum atomic E-state index is 8.96. The van der Waals surface area contributed by atoms with Crippen molar-refractivity contribution < 1.29 is 0 Å². The lowest BCUT2D eigenvalue weighted by Gasteiger charge is -2.13. The third-order valence-electron chi connectivity index (χ3n) is 2.09. The Kier molecular flexibility index (Phi) is 5.95. The molecule has 1 rings (SSSR count). The van der Waals surface area contributed by atoms with E-state index in [4.69, 9.17) is 5.26 Å². The van der Waals surface area contributed by atoms with Gasteiger partial charge in [0, 0.05) is 24.2 Å². The molecule has 1 atom stereocenters. The fourth-order valence-electron chi connectivity index (χ4n) is 1.31. The molecule has 0 bridgehead atoms. The number of nitriles is 1. The van der Waals surface area contributed by atoms with Crippen molar-refractivity contribution in [3.63, 3.8) is 0 Å². The molecule has 0 aliphatic rings. The van der Waals surface area contributed by atoms with Crippen molar-refractivity contribution in [2.75, 3.05) is 5.75 Å². The maximum Gasteiger partial charge on any atom is 0.187 e. The van der Waals surface area contributed by atoms with Gasteiger partial charge in [0.2, 0.25) is 0 Å². The lowest BCUT2D eigenvalue weighted by molar-refractivity contribution is 0.522. The highest BCUT2D eigenvalue weighted by molar-refractivity contribution is 7.99. The second kappa shape index (κ2) is 7.25. The van der Waals surface area contributed by atoms with Gasteiger partial charge >= 0.3 is 0 Å². The molecule has 0 aromatic carbocycles. The normalized spacial score (nSPS) is 12.4. The van der Waals surface area contributed by atoms with Crippen LogP contribution in [0.25, 0.3) is 0 Å². The number of hydrogen-bond acceptors (Lipinski definition) is 5. The van der Waals surface area contributed by atoms with Crippen LogP contribution in [-0.2, 0) is 0 Å². The Morgan fingerprint density at radius 2 is 2.06 bits per heavy atom. The first-order valence-electron chi connectivity index (χ1n) is 5.69. The highest BCUT2D eigenvalue weighted by Crippen LogP contribution is 2.14. The smallest absolute Gasteiger partial charge is 0.187 e. The molecule has 1 unspecified atom stereocenters. The minimum atomic E-state index is -0.0899. The van der Waals surface area contributed by atoms with Crippen molar-refractivity contribution in [2.45, 2.75) is 44.4 Å². The highest BCUT2D eigenvalue weighted by atomic mass is 32.2. The molecule has 0 amide bonds. The Balaban J connectivity index is 2.31. The van der Waals surface area contributed by atoms with Gasteiger partial charge in [-0.1, -0.05) is 11.8 Å². The van der Waals surface area contributed by atoms with E-state index in [9.17, 15) is 0 Å². The molecule has 0 saturated carbocycles. The van der Waals surface area contributed by atoms with Crippen LogP contribution >= 0.6 is 11.8 Å². The summed E-state index contributed by atoms with van der Waals surface area (Å²) in [4.78, 5) is 8.42. The number of thioether (sulfide) groups is 1. The standard InChI is InChI=1S/C12H18N4S/c1-9(2)16-11(6-13)4-5-17-12-14-7-10(3)8-15-12/h7-9,11,16H,4-5H2,1-3H3. The summed E-state index contributed by atoms with van der Waals surface area (Å²) in [5.74, 6) is 0.848. The summed E-state index contributed by atoms with van der Waals surface area (Å²) in [5.41, 5.74) is 1.06. The van der Waals surface area contributed by atoms with Gasteiger partial charge in [0.25, 0.3) is 0 Å². The highest BCUT2D eigenvalue weighted by Gasteiger charge is 2.08. The van der Waals surface area contributed by atoms with E-state index in [0.29, 0.717) is 6.04 Å². The van der Waals surface area contributed by atoms with E-state index in [2.05, 4.69) is 21.4 Å². The van der Waals surface area contributed by atoms with Gasteiger partial charge in [-0.15, -0.1) is 0 Å². The number of rotatable bonds is 6. The van der Waals surface area contributed by atoms with Crippen LogP contribution in [0.3, 0.4) is 0 Å². The Morgan fingerprint density at radius 3 is 2.59 bits per heavy atom. The lowest BCUT2D eigenvalue weighted by atomic mass is 10.2. The van der Waals surface area contributed by atoms with Crippen LogP contribution in [0.5, 0.6) is 0 Å². The molecule has 0 aliphatic heterocycles. The van der Waals surface area contributed by atoms with Crippen molar-refractivity contribution in [3.8, 4) is 6.07 Å². The van der Waals surface area contributed by atoms with Crippen LogP contribution in [0.15, 0.2) is 17.6 Å². The van der Waals surface area contributed by atoms with Crippen molar-refractivity contribution >= 4 is 11.8 Å². The molecule has 0 fully saturated rings. The van der Waals surface area contributed by atoms with Crippen LogP contribution in [0, 0.1) is 18.3 Å². The summed E-state index contributed by atoms with van der Waals surface area (Å²) in [6, 6.07) is 2.51. The third-order valence-corrected chi connectivity index (χ3v) is 2.99. The molecule has 17 heavy (non-hydrogen) atoms. The minimum absolute atomic E-state index is 0.0899. The van der Waals surface area contributed by atoms with E-state index in [0.717, 1.165) is 22.9 Å². The van der Waals surface area contributed by atoms with Gasteiger partial charge in [0.1, 0.15) is 0 Å². The zero-order valence-corrected chi connectivity index (χ0v) is 11.3. The number of aryl methyl sites for hydroxylation is 1. The minimum Gasteiger partial charge on any atom is -0.300 e. The third kappa shape index (κ3) is 5.66. The molecule has 1 aromatic heterocycles. The Hall–Kier alpha value is -1.12. The fourth-order valence-corrected chi connectivity index (χ4v) is 2.10. The second-order valence-electron chi connectivity index (χ2n) is 4.18. The summed E-state index contributed by atoms with van der Waals surface area (Å²) in [6.07, 6.45) is 4.42. The lowest BCUT2D eigenvalue weighted by Crippen LogP contribution is -2.33. The molecule has 4 nitrogen and oxygen atoms in total. The van der Waals surface area contributed by atoms with E-state index in [1.54, 1.807) is 11.8 Å². The SMILES string of the molecule is Cc1cnc(SCCC(C#N)NC(C)C)nc1. The van der Waals surface area contributed by atoms with Gasteiger partial charge in [-0.3, -0.25) is 5.32 Å². The zero-order chi connectivity index (χ0) is 12.7. The Bertz CT molecular complexity index is 369. The predicted octanol–water partition coefficient (Wildman–Crippen LogP) is 2.16. The molecule has 1 aromatic rings. The maximum absolute atomic E-state index is 8.96. The summed E-state index contributed by atoms with van der Waals surface area (Å²) in [5, 5.41) is 12.9. The van der Waals surface area contributed by atoms with Crippen LogP contribution in [0.2, 0.25) is 0 Å². The van der Waals surface area contributed by atoms with Gasteiger partial charge in [0.05, 0.1) is 12.1 Å². The molecular formula is C12H18N4S. The van der Waals surface area contributed by atoms with Crippen LogP contribution in [-0.4, -0.2) is 27.8 Å². The largest absolute Gasteiger partial charge is 0.300 e. The Morgan fingerprint density at radius 1 is 1.41 bits per heavy atom. The predicted molar refractivity (Wildman–Crippen MR) is 69.8 cm³/mol.